The van der Waals surface area contributed by atoms with Gasteiger partial charge in [0.2, 0.25) is 0 Å². The lowest BCUT2D eigenvalue weighted by atomic mass is 10.2. The van der Waals surface area contributed by atoms with Crippen LogP contribution >= 0.6 is 35.7 Å². The van der Waals surface area contributed by atoms with E-state index in [2.05, 4.69) is 15.2 Å². The van der Waals surface area contributed by atoms with Crippen LogP contribution in [0.15, 0.2) is 34.2 Å². The van der Waals surface area contributed by atoms with Crippen LogP contribution in [0.3, 0.4) is 0 Å². The van der Waals surface area contributed by atoms with Crippen LogP contribution in [0.25, 0.3) is 0 Å². The first kappa shape index (κ1) is 24.2. The number of nitrogens with one attached hydrogen (secondary N) is 1. The molecule has 2 fully saturated rings. The molecule has 1 unspecified atom stereocenters. The van der Waals surface area contributed by atoms with E-state index in [0.717, 1.165) is 55.5 Å². The van der Waals surface area contributed by atoms with Crippen molar-refractivity contribution in [3.05, 3.63) is 30.1 Å². The van der Waals surface area contributed by atoms with Crippen LogP contribution in [0.4, 0.5) is 4.39 Å². The van der Waals surface area contributed by atoms with Crippen molar-refractivity contribution in [1.82, 2.24) is 15.1 Å². The molecule has 0 aromatic heterocycles. The molecule has 6 nitrogen and oxygen atoms in total. The predicted octanol–water partition coefficient (Wildman–Crippen LogP) is 2.82. The summed E-state index contributed by atoms with van der Waals surface area (Å²) in [6.07, 6.45) is 2.57. The third kappa shape index (κ3) is 7.29. The molecule has 0 aliphatic carbocycles. The Hall–Kier alpha value is -1.07. The summed E-state index contributed by atoms with van der Waals surface area (Å²) in [4.78, 5) is 22.0. The molecule has 0 bridgehead atoms. The standard InChI is InChI=1S/C20H29FN4O2S.HI/c1-22-20(23-9-3-15-28-17-7-5-16(21)6-8-17)25-12-10-24(11-13-25)19(26)18-4-2-14-27-18;/h5-8,18H,2-4,9-15H2,1H3,(H,22,23);1H. The van der Waals surface area contributed by atoms with Crippen LogP contribution in [0.1, 0.15) is 19.3 Å². The Balaban J connectivity index is 0.00000300. The van der Waals surface area contributed by atoms with E-state index < -0.39 is 0 Å². The molecule has 2 saturated heterocycles. The number of carbonyl (C=O) groups is 1. The van der Waals surface area contributed by atoms with Crippen molar-refractivity contribution < 1.29 is 13.9 Å². The molecule has 2 aliphatic heterocycles. The number of hydrogen-bond donors (Lipinski definition) is 1. The van der Waals surface area contributed by atoms with Crippen LogP contribution in [0.2, 0.25) is 0 Å². The summed E-state index contributed by atoms with van der Waals surface area (Å²) in [5.41, 5.74) is 0. The largest absolute Gasteiger partial charge is 0.368 e. The van der Waals surface area contributed by atoms with Crippen LogP contribution < -0.4 is 5.32 Å². The average Bonchev–Trinajstić information content (AvgIpc) is 3.27. The minimum Gasteiger partial charge on any atom is -0.368 e. The first-order chi connectivity index (χ1) is 13.7. The number of halogens is 2. The number of aliphatic imine (C=N–C) groups is 1. The van der Waals surface area contributed by atoms with E-state index in [1.807, 2.05) is 17.0 Å². The minimum absolute atomic E-state index is 0. The van der Waals surface area contributed by atoms with Crippen LogP contribution in [0.5, 0.6) is 0 Å². The van der Waals surface area contributed by atoms with E-state index >= 15 is 0 Å². The van der Waals surface area contributed by atoms with Gasteiger partial charge in [-0.1, -0.05) is 0 Å². The fourth-order valence-corrected chi connectivity index (χ4v) is 4.29. The third-order valence-electron chi connectivity index (χ3n) is 4.99. The fraction of sp³-hybridized carbons (Fsp3) is 0.600. The lowest BCUT2D eigenvalue weighted by Crippen LogP contribution is -2.55. The van der Waals surface area contributed by atoms with Gasteiger partial charge in [0.15, 0.2) is 5.96 Å². The number of carbonyl (C=O) groups excluding carboxylic acids is 1. The zero-order valence-corrected chi connectivity index (χ0v) is 20.0. The highest BCUT2D eigenvalue weighted by Gasteiger charge is 2.30. The zero-order chi connectivity index (χ0) is 19.8. The van der Waals surface area contributed by atoms with Crippen molar-refractivity contribution in [2.45, 2.75) is 30.3 Å². The molecule has 0 saturated carbocycles. The molecule has 0 radical (unpaired) electrons. The number of guanidine groups is 1. The molecule has 1 aromatic rings. The van der Waals surface area contributed by atoms with Crippen LogP contribution in [-0.4, -0.2) is 79.9 Å². The second-order valence-electron chi connectivity index (χ2n) is 6.94. The van der Waals surface area contributed by atoms with Crippen molar-refractivity contribution in [1.29, 1.82) is 0 Å². The first-order valence-corrected chi connectivity index (χ1v) is 10.9. The summed E-state index contributed by atoms with van der Waals surface area (Å²) in [5.74, 6) is 1.78. The molecule has 2 heterocycles. The van der Waals surface area contributed by atoms with Gasteiger partial charge in [-0.2, -0.15) is 0 Å². The number of ether oxygens (including phenoxy) is 1. The minimum atomic E-state index is -0.234. The van der Waals surface area contributed by atoms with Gasteiger partial charge in [-0.05, 0) is 49.3 Å². The van der Waals surface area contributed by atoms with Gasteiger partial charge in [0.05, 0.1) is 0 Å². The zero-order valence-electron chi connectivity index (χ0n) is 16.8. The number of nitrogens with zero attached hydrogens (tertiary/aromatic N) is 3. The van der Waals surface area contributed by atoms with Gasteiger partial charge in [-0.25, -0.2) is 4.39 Å². The van der Waals surface area contributed by atoms with E-state index in [0.29, 0.717) is 19.7 Å². The Kier molecular flexibility index (Phi) is 10.5. The fourth-order valence-electron chi connectivity index (χ4n) is 3.44. The van der Waals surface area contributed by atoms with Gasteiger partial charge in [-0.15, -0.1) is 35.7 Å². The van der Waals surface area contributed by atoms with Crippen molar-refractivity contribution in [2.75, 3.05) is 52.1 Å². The maximum Gasteiger partial charge on any atom is 0.251 e. The number of rotatable bonds is 6. The molecule has 162 valence electrons. The van der Waals surface area contributed by atoms with Crippen molar-refractivity contribution in [3.8, 4) is 0 Å². The van der Waals surface area contributed by atoms with Gasteiger partial charge in [0.1, 0.15) is 11.9 Å². The van der Waals surface area contributed by atoms with Gasteiger partial charge in [0.25, 0.3) is 5.91 Å². The monoisotopic (exact) mass is 536 g/mol. The smallest absolute Gasteiger partial charge is 0.251 e. The lowest BCUT2D eigenvalue weighted by Gasteiger charge is -2.37. The molecular formula is C20H30FIN4O2S. The highest BCUT2D eigenvalue weighted by Crippen LogP contribution is 2.19. The average molecular weight is 536 g/mol. The van der Waals surface area contributed by atoms with Gasteiger partial charge >= 0.3 is 0 Å². The Morgan fingerprint density at radius 1 is 1.24 bits per heavy atom. The highest BCUT2D eigenvalue weighted by atomic mass is 127. The van der Waals surface area contributed by atoms with Crippen molar-refractivity contribution in [3.63, 3.8) is 0 Å². The maximum atomic E-state index is 12.9. The molecule has 1 amide bonds. The molecular weight excluding hydrogens is 506 g/mol. The number of hydrogen-bond acceptors (Lipinski definition) is 4. The Labute approximate surface area is 193 Å². The Bertz CT molecular complexity index is 663. The second kappa shape index (κ2) is 12.6. The van der Waals surface area contributed by atoms with Crippen LogP contribution in [-0.2, 0) is 9.53 Å². The van der Waals surface area contributed by atoms with Gasteiger partial charge in [0, 0.05) is 51.3 Å². The van der Waals surface area contributed by atoms with E-state index in [9.17, 15) is 9.18 Å². The SMILES string of the molecule is CN=C(NCCCSc1ccc(F)cc1)N1CCN(C(=O)C2CCCO2)CC1.I. The summed E-state index contributed by atoms with van der Waals surface area (Å²) in [7, 11) is 1.79. The quantitative estimate of drug-likeness (QED) is 0.199. The van der Waals surface area contributed by atoms with E-state index in [1.165, 1.54) is 12.1 Å². The van der Waals surface area contributed by atoms with Crippen molar-refractivity contribution in [2.24, 2.45) is 4.99 Å². The molecule has 1 N–H and O–H groups in total. The molecule has 0 spiro atoms. The summed E-state index contributed by atoms with van der Waals surface area (Å²) in [5, 5.41) is 3.41. The van der Waals surface area contributed by atoms with E-state index in [4.69, 9.17) is 4.74 Å². The number of thioether (sulfide) groups is 1. The topological polar surface area (TPSA) is 57.2 Å². The molecule has 9 heteroatoms. The highest BCUT2D eigenvalue weighted by molar-refractivity contribution is 14.0. The molecule has 3 rings (SSSR count). The number of amides is 1. The summed E-state index contributed by atoms with van der Waals surface area (Å²) in [6, 6.07) is 6.60. The maximum absolute atomic E-state index is 12.9. The summed E-state index contributed by atoms with van der Waals surface area (Å²) < 4.78 is 18.4. The normalized spacial score (nSPS) is 19.8. The molecule has 29 heavy (non-hydrogen) atoms. The first-order valence-electron chi connectivity index (χ1n) is 9.92. The lowest BCUT2D eigenvalue weighted by molar-refractivity contribution is -0.142. The molecule has 2 aliphatic rings. The van der Waals surface area contributed by atoms with E-state index in [-0.39, 0.29) is 41.8 Å². The van der Waals surface area contributed by atoms with E-state index in [1.54, 1.807) is 18.8 Å². The molecule has 1 atom stereocenters. The van der Waals surface area contributed by atoms with Crippen molar-refractivity contribution >= 4 is 47.6 Å². The summed E-state index contributed by atoms with van der Waals surface area (Å²) >= 11 is 1.72. The number of piperazine rings is 1. The van der Waals surface area contributed by atoms with Gasteiger partial charge in [-0.3, -0.25) is 9.79 Å². The van der Waals surface area contributed by atoms with Crippen LogP contribution in [0, 0.1) is 5.82 Å². The number of benzene rings is 1. The summed E-state index contributed by atoms with van der Waals surface area (Å²) in [6.45, 7) is 4.51. The second-order valence-corrected chi connectivity index (χ2v) is 8.11. The Morgan fingerprint density at radius 2 is 1.93 bits per heavy atom. The predicted molar refractivity (Wildman–Crippen MR) is 126 cm³/mol. The molecule has 1 aromatic carbocycles. The Morgan fingerprint density at radius 3 is 2.55 bits per heavy atom. The third-order valence-corrected chi connectivity index (χ3v) is 6.09. The van der Waals surface area contributed by atoms with Gasteiger partial charge < -0.3 is 19.9 Å².